The van der Waals surface area contributed by atoms with Crippen molar-refractivity contribution in [3.8, 4) is 5.75 Å². The monoisotopic (exact) mass is 297 g/mol. The Labute approximate surface area is 127 Å². The number of hydrogen-bond acceptors (Lipinski definition) is 3. The maximum atomic E-state index is 13.8. The molecule has 0 aliphatic heterocycles. The van der Waals surface area contributed by atoms with E-state index in [1.54, 1.807) is 19.2 Å². The number of hydrogen-bond donors (Lipinski definition) is 1. The molecule has 0 aliphatic carbocycles. The summed E-state index contributed by atoms with van der Waals surface area (Å²) in [5.74, 6) is 1.14. The second kappa shape index (κ2) is 9.74. The number of halogens is 1. The molecule has 1 unspecified atom stereocenters. The van der Waals surface area contributed by atoms with Crippen molar-refractivity contribution < 1.29 is 13.9 Å². The lowest BCUT2D eigenvalue weighted by Crippen LogP contribution is -2.28. The average Bonchev–Trinajstić information content (AvgIpc) is 2.43. The van der Waals surface area contributed by atoms with Crippen molar-refractivity contribution in [1.29, 1.82) is 0 Å². The third-order valence-electron chi connectivity index (χ3n) is 3.46. The summed E-state index contributed by atoms with van der Waals surface area (Å²) in [6.07, 6.45) is 1.99. The Morgan fingerprint density at radius 3 is 2.57 bits per heavy atom. The van der Waals surface area contributed by atoms with Crippen LogP contribution in [-0.4, -0.2) is 33.9 Å². The Kier molecular flexibility index (Phi) is 8.31. The molecule has 0 saturated heterocycles. The van der Waals surface area contributed by atoms with Crippen LogP contribution in [0, 0.1) is 17.7 Å². The molecule has 0 amide bonds. The topological polar surface area (TPSA) is 30.5 Å². The molecule has 0 saturated carbocycles. The molecule has 1 aromatic rings. The van der Waals surface area contributed by atoms with Gasteiger partial charge in [0.1, 0.15) is 0 Å². The molecule has 1 atom stereocenters. The zero-order valence-electron chi connectivity index (χ0n) is 13.6. The summed E-state index contributed by atoms with van der Waals surface area (Å²) in [5, 5.41) is 3.41. The van der Waals surface area contributed by atoms with E-state index in [0.29, 0.717) is 24.2 Å². The maximum absolute atomic E-state index is 13.8. The first-order chi connectivity index (χ1) is 10.1. The van der Waals surface area contributed by atoms with Gasteiger partial charge in [-0.25, -0.2) is 4.39 Å². The molecule has 21 heavy (non-hydrogen) atoms. The van der Waals surface area contributed by atoms with E-state index in [2.05, 4.69) is 19.2 Å². The molecule has 3 nitrogen and oxygen atoms in total. The van der Waals surface area contributed by atoms with E-state index in [0.717, 1.165) is 31.5 Å². The number of rotatable bonds is 10. The van der Waals surface area contributed by atoms with Crippen LogP contribution in [0.25, 0.3) is 0 Å². The summed E-state index contributed by atoms with van der Waals surface area (Å²) in [4.78, 5) is 0. The molecular formula is C17H28FNO2. The SMILES string of the molecule is COCCNCC(Cc1ccc(OC)c(F)c1)CC(C)C. The summed E-state index contributed by atoms with van der Waals surface area (Å²) >= 11 is 0. The highest BCUT2D eigenvalue weighted by atomic mass is 19.1. The summed E-state index contributed by atoms with van der Waals surface area (Å²) in [6.45, 7) is 6.93. The zero-order chi connectivity index (χ0) is 15.7. The van der Waals surface area contributed by atoms with Crippen LogP contribution in [-0.2, 0) is 11.2 Å². The Balaban J connectivity index is 2.60. The zero-order valence-corrected chi connectivity index (χ0v) is 13.6. The standard InChI is InChI=1S/C17H28FNO2/c1-13(2)9-15(12-19-7-8-20-3)10-14-5-6-17(21-4)16(18)11-14/h5-6,11,13,15,19H,7-10,12H2,1-4H3. The molecule has 1 aromatic carbocycles. The molecule has 1 rings (SSSR count). The van der Waals surface area contributed by atoms with E-state index in [-0.39, 0.29) is 5.82 Å². The average molecular weight is 297 g/mol. The largest absolute Gasteiger partial charge is 0.494 e. The van der Waals surface area contributed by atoms with Crippen molar-refractivity contribution in [1.82, 2.24) is 5.32 Å². The first-order valence-corrected chi connectivity index (χ1v) is 7.58. The third-order valence-corrected chi connectivity index (χ3v) is 3.46. The fourth-order valence-electron chi connectivity index (χ4n) is 2.56. The molecule has 0 aliphatic rings. The van der Waals surface area contributed by atoms with Gasteiger partial charge in [-0.05, 0) is 48.9 Å². The quantitative estimate of drug-likeness (QED) is 0.672. The molecule has 0 fully saturated rings. The van der Waals surface area contributed by atoms with Crippen LogP contribution >= 0.6 is 0 Å². The van der Waals surface area contributed by atoms with Gasteiger partial charge in [0.25, 0.3) is 0 Å². The molecule has 0 aromatic heterocycles. The van der Waals surface area contributed by atoms with E-state index in [4.69, 9.17) is 9.47 Å². The van der Waals surface area contributed by atoms with Crippen molar-refractivity contribution >= 4 is 0 Å². The van der Waals surface area contributed by atoms with Crippen molar-refractivity contribution in [3.05, 3.63) is 29.6 Å². The molecule has 0 spiro atoms. The fourth-order valence-corrected chi connectivity index (χ4v) is 2.56. The van der Waals surface area contributed by atoms with Crippen LogP contribution in [0.1, 0.15) is 25.8 Å². The first kappa shape index (κ1) is 17.9. The van der Waals surface area contributed by atoms with Crippen molar-refractivity contribution in [2.24, 2.45) is 11.8 Å². The van der Waals surface area contributed by atoms with Gasteiger partial charge >= 0.3 is 0 Å². The molecule has 1 N–H and O–H groups in total. The lowest BCUT2D eigenvalue weighted by atomic mass is 9.91. The Morgan fingerprint density at radius 1 is 1.24 bits per heavy atom. The third kappa shape index (κ3) is 6.91. The van der Waals surface area contributed by atoms with Gasteiger partial charge in [-0.15, -0.1) is 0 Å². The first-order valence-electron chi connectivity index (χ1n) is 7.58. The predicted octanol–water partition coefficient (Wildman–Crippen LogP) is 3.28. The van der Waals surface area contributed by atoms with Crippen molar-refractivity contribution in [2.45, 2.75) is 26.7 Å². The van der Waals surface area contributed by atoms with Crippen LogP contribution in [0.2, 0.25) is 0 Å². The molecule has 120 valence electrons. The highest BCUT2D eigenvalue weighted by Gasteiger charge is 2.13. The van der Waals surface area contributed by atoms with Crippen LogP contribution in [0.3, 0.4) is 0 Å². The van der Waals surface area contributed by atoms with Crippen LogP contribution in [0.5, 0.6) is 5.75 Å². The number of ether oxygens (including phenoxy) is 2. The molecular weight excluding hydrogens is 269 g/mol. The lowest BCUT2D eigenvalue weighted by Gasteiger charge is -2.20. The highest BCUT2D eigenvalue weighted by Crippen LogP contribution is 2.22. The molecule has 4 heteroatoms. The van der Waals surface area contributed by atoms with E-state index < -0.39 is 0 Å². The van der Waals surface area contributed by atoms with Crippen molar-refractivity contribution in [2.75, 3.05) is 33.9 Å². The van der Waals surface area contributed by atoms with Gasteiger partial charge in [0, 0.05) is 13.7 Å². The van der Waals surface area contributed by atoms with Gasteiger partial charge in [-0.1, -0.05) is 19.9 Å². The second-order valence-electron chi connectivity index (χ2n) is 5.87. The number of benzene rings is 1. The van der Waals surface area contributed by atoms with Crippen LogP contribution < -0.4 is 10.1 Å². The van der Waals surface area contributed by atoms with E-state index in [1.165, 1.54) is 7.11 Å². The minimum absolute atomic E-state index is 0.286. The highest BCUT2D eigenvalue weighted by molar-refractivity contribution is 5.29. The van der Waals surface area contributed by atoms with E-state index >= 15 is 0 Å². The molecule has 0 heterocycles. The predicted molar refractivity (Wildman–Crippen MR) is 84.3 cm³/mol. The van der Waals surface area contributed by atoms with E-state index in [9.17, 15) is 4.39 Å². The van der Waals surface area contributed by atoms with Gasteiger partial charge in [-0.3, -0.25) is 0 Å². The van der Waals surface area contributed by atoms with Crippen LogP contribution in [0.15, 0.2) is 18.2 Å². The summed E-state index contributed by atoms with van der Waals surface area (Å²) in [6, 6.07) is 5.24. The lowest BCUT2D eigenvalue weighted by molar-refractivity contribution is 0.197. The Morgan fingerprint density at radius 2 is 2.00 bits per heavy atom. The summed E-state index contributed by atoms with van der Waals surface area (Å²) in [7, 11) is 3.19. The smallest absolute Gasteiger partial charge is 0.165 e. The minimum atomic E-state index is -0.286. The minimum Gasteiger partial charge on any atom is -0.494 e. The van der Waals surface area contributed by atoms with Crippen LogP contribution in [0.4, 0.5) is 4.39 Å². The van der Waals surface area contributed by atoms with E-state index in [1.807, 2.05) is 6.07 Å². The maximum Gasteiger partial charge on any atom is 0.165 e. The van der Waals surface area contributed by atoms with Gasteiger partial charge in [-0.2, -0.15) is 0 Å². The van der Waals surface area contributed by atoms with Gasteiger partial charge in [0.2, 0.25) is 0 Å². The Bertz CT molecular complexity index is 410. The van der Waals surface area contributed by atoms with Gasteiger partial charge in [0.05, 0.1) is 13.7 Å². The van der Waals surface area contributed by atoms with Gasteiger partial charge < -0.3 is 14.8 Å². The molecule has 0 radical (unpaired) electrons. The number of methoxy groups -OCH3 is 2. The van der Waals surface area contributed by atoms with Crippen molar-refractivity contribution in [3.63, 3.8) is 0 Å². The normalized spacial score (nSPS) is 12.7. The Hall–Kier alpha value is -1.13. The summed E-state index contributed by atoms with van der Waals surface area (Å²) in [5.41, 5.74) is 1.02. The fraction of sp³-hybridized carbons (Fsp3) is 0.647. The van der Waals surface area contributed by atoms with Gasteiger partial charge in [0.15, 0.2) is 11.6 Å². The second-order valence-corrected chi connectivity index (χ2v) is 5.87. The summed E-state index contributed by atoms with van der Waals surface area (Å²) < 4.78 is 23.8. The molecule has 0 bridgehead atoms. The number of nitrogens with one attached hydrogen (secondary N) is 1.